The van der Waals surface area contributed by atoms with Crippen molar-refractivity contribution in [2.45, 2.75) is 52.6 Å². The van der Waals surface area contributed by atoms with Crippen LogP contribution in [0.25, 0.3) is 11.4 Å². The first kappa shape index (κ1) is 48.9. The van der Waals surface area contributed by atoms with E-state index in [1.54, 1.807) is 0 Å². The summed E-state index contributed by atoms with van der Waals surface area (Å²) in [5.74, 6) is 3.54. The van der Waals surface area contributed by atoms with Crippen LogP contribution >= 0.6 is 23.2 Å². The van der Waals surface area contributed by atoms with Gasteiger partial charge in [-0.25, -0.2) is 0 Å². The molecule has 0 spiro atoms. The minimum Gasteiger partial charge on any atom is -0.491 e. The van der Waals surface area contributed by atoms with Crippen molar-refractivity contribution in [1.29, 1.82) is 0 Å². The van der Waals surface area contributed by atoms with E-state index in [1.165, 1.54) is 0 Å². The number of nitrogens with one attached hydrogen (secondary N) is 2. The molecule has 0 saturated heterocycles. The summed E-state index contributed by atoms with van der Waals surface area (Å²) in [6.45, 7) is 11.4. The Morgan fingerprint density at radius 3 is 1.29 bits per heavy atom. The van der Waals surface area contributed by atoms with E-state index in [2.05, 4.69) is 31.0 Å². The highest BCUT2D eigenvalue weighted by Gasteiger charge is 2.32. The van der Waals surface area contributed by atoms with Crippen LogP contribution in [-0.4, -0.2) is 119 Å². The number of hydrogen-bond donors (Lipinski definition) is 2. The molecular weight excluding hydrogens is 924 g/mol. The van der Waals surface area contributed by atoms with Gasteiger partial charge in [0.1, 0.15) is 48.4 Å². The molecule has 69 heavy (non-hydrogen) atoms. The topological polar surface area (TPSA) is 190 Å². The summed E-state index contributed by atoms with van der Waals surface area (Å²) in [5, 5.41) is 24.6. The molecule has 8 rings (SSSR count). The lowest BCUT2D eigenvalue weighted by molar-refractivity contribution is -0.122. The monoisotopic (exact) mass is 976 g/mol. The van der Waals surface area contributed by atoms with E-state index >= 15 is 0 Å². The Morgan fingerprint density at radius 2 is 0.913 bits per heavy atom. The van der Waals surface area contributed by atoms with E-state index in [1.807, 2.05) is 122 Å². The summed E-state index contributed by atoms with van der Waals surface area (Å²) in [6.07, 6.45) is 0.230. The Kier molecular flexibility index (Phi) is 16.5. The molecule has 0 bridgehead atoms. The molecule has 2 N–H and O–H groups in total. The number of aromatic nitrogens is 6. The van der Waals surface area contributed by atoms with Crippen molar-refractivity contribution in [2.75, 3.05) is 65.9 Å². The van der Waals surface area contributed by atoms with Crippen LogP contribution in [0.5, 0.6) is 11.5 Å². The average Bonchev–Trinajstić information content (AvgIpc) is 3.85. The summed E-state index contributed by atoms with van der Waals surface area (Å²) < 4.78 is 33.5. The number of hydrogen-bond acceptors (Lipinski definition) is 13. The largest absolute Gasteiger partial charge is 0.491 e. The first-order valence-electron chi connectivity index (χ1n) is 22.9. The molecular formula is C50H54Cl2N10O7. The van der Waals surface area contributed by atoms with E-state index in [4.69, 9.17) is 56.9 Å². The summed E-state index contributed by atoms with van der Waals surface area (Å²) in [6, 6.07) is 25.4. The standard InChI is InChI=1S/C50H54Cl2N10O7/c1-5-53-45(63)29-41-49-59-57-31(3)61(49)43-17-15-37(27-39(43)47(55-41)33-7-11-35(51)12-8-33)68-25-23-66-21-19-65-20-22-67-24-26-69-38-16-18-44-40(28-38)48(34-9-13-36(52)14-10-34)56-42(30-46(64)54-6-2)50-60-58-32(4)62(44)50/h7-18,27-28,41-42H,5-6,19-26,29-30H2,1-4H3,(H,53,63)(H,54,64)/t41-,42-/m0/s1. The third-order valence-electron chi connectivity index (χ3n) is 11.3. The number of fused-ring (bicyclic) bond motifs is 6. The zero-order valence-electron chi connectivity index (χ0n) is 38.9. The molecule has 2 aliphatic heterocycles. The molecule has 0 unspecified atom stereocenters. The SMILES string of the molecule is CCNC(=O)C[C@@H]1N=C(c2ccc(Cl)cc2)c2cc(OCCOCCOCCOCCOc3ccc4c(c3)C(c3ccc(Cl)cc3)=N[C@@H](CC(=O)NCC)c3nnc(C)n3-4)ccc2-n2c(C)nnc21. The number of rotatable bonds is 22. The number of halogens is 2. The van der Waals surface area contributed by atoms with Gasteiger partial charge in [-0.2, -0.15) is 0 Å². The number of aryl methyl sites for hydroxylation is 2. The molecule has 2 aromatic heterocycles. The van der Waals surface area contributed by atoms with Gasteiger partial charge in [0.25, 0.3) is 0 Å². The van der Waals surface area contributed by atoms with Crippen molar-refractivity contribution in [3.8, 4) is 22.9 Å². The number of aliphatic imine (C=N–C) groups is 2. The zero-order chi connectivity index (χ0) is 48.3. The van der Waals surface area contributed by atoms with Gasteiger partial charge >= 0.3 is 0 Å². The Labute approximate surface area is 410 Å². The molecule has 0 aliphatic carbocycles. The molecule has 0 saturated carbocycles. The van der Waals surface area contributed by atoms with Gasteiger partial charge in [0, 0.05) is 45.4 Å². The highest BCUT2D eigenvalue weighted by Crippen LogP contribution is 2.36. The van der Waals surface area contributed by atoms with Crippen LogP contribution in [0.15, 0.2) is 94.9 Å². The Hall–Kier alpha value is -6.50. The zero-order valence-corrected chi connectivity index (χ0v) is 40.4. The van der Waals surface area contributed by atoms with Crippen LogP contribution < -0.4 is 20.1 Å². The number of carbonyl (C=O) groups excluding carboxylic acids is 2. The van der Waals surface area contributed by atoms with E-state index in [0.29, 0.717) is 122 Å². The predicted molar refractivity (Wildman–Crippen MR) is 262 cm³/mol. The fourth-order valence-electron chi connectivity index (χ4n) is 8.15. The van der Waals surface area contributed by atoms with Crippen LogP contribution in [0.1, 0.15) is 84.3 Å². The maximum atomic E-state index is 12.8. The van der Waals surface area contributed by atoms with Gasteiger partial charge < -0.3 is 34.3 Å². The number of ether oxygens (including phenoxy) is 5. The van der Waals surface area contributed by atoms with E-state index < -0.39 is 12.1 Å². The molecule has 0 radical (unpaired) electrons. The van der Waals surface area contributed by atoms with E-state index in [0.717, 1.165) is 33.6 Å². The second-order valence-corrected chi connectivity index (χ2v) is 17.0. The van der Waals surface area contributed by atoms with E-state index in [9.17, 15) is 9.59 Å². The average molecular weight is 978 g/mol. The van der Waals surface area contributed by atoms with Crippen molar-refractivity contribution in [1.82, 2.24) is 40.2 Å². The summed E-state index contributed by atoms with van der Waals surface area (Å²) in [7, 11) is 0. The van der Waals surface area contributed by atoms with Crippen LogP contribution in [0, 0.1) is 13.8 Å². The highest BCUT2D eigenvalue weighted by atomic mass is 35.5. The maximum Gasteiger partial charge on any atom is 0.222 e. The van der Waals surface area contributed by atoms with Gasteiger partial charge in [-0.05, 0) is 88.4 Å². The number of nitrogens with zero attached hydrogens (tertiary/aromatic N) is 8. The summed E-state index contributed by atoms with van der Waals surface area (Å²) in [4.78, 5) is 35.9. The lowest BCUT2D eigenvalue weighted by Crippen LogP contribution is -2.25. The number of benzene rings is 4. The first-order valence-corrected chi connectivity index (χ1v) is 23.7. The lowest BCUT2D eigenvalue weighted by atomic mass is 10.00. The minimum atomic E-state index is -0.570. The smallest absolute Gasteiger partial charge is 0.222 e. The molecule has 360 valence electrons. The van der Waals surface area contributed by atoms with E-state index in [-0.39, 0.29) is 24.7 Å². The second kappa shape index (κ2) is 23.2. The lowest BCUT2D eigenvalue weighted by Gasteiger charge is -2.15. The van der Waals surface area contributed by atoms with Crippen LogP contribution in [0.3, 0.4) is 0 Å². The second-order valence-electron chi connectivity index (χ2n) is 16.1. The third kappa shape index (κ3) is 11.9. The van der Waals surface area contributed by atoms with Crippen LogP contribution in [-0.2, 0) is 23.8 Å². The quantitative estimate of drug-likeness (QED) is 0.0659. The fourth-order valence-corrected chi connectivity index (χ4v) is 8.40. The Balaban J connectivity index is 0.798. The number of carbonyl (C=O) groups is 2. The Bertz CT molecular complexity index is 2620. The number of amides is 2. The summed E-state index contributed by atoms with van der Waals surface area (Å²) in [5.41, 5.74) is 6.33. The molecule has 4 heterocycles. The third-order valence-corrected chi connectivity index (χ3v) is 11.8. The van der Waals surface area contributed by atoms with Crippen molar-refractivity contribution in [3.05, 3.63) is 141 Å². The van der Waals surface area contributed by atoms with Gasteiger partial charge in [0.2, 0.25) is 11.8 Å². The van der Waals surface area contributed by atoms with Crippen molar-refractivity contribution in [2.24, 2.45) is 9.98 Å². The van der Waals surface area contributed by atoms with Gasteiger partial charge in [-0.1, -0.05) is 47.5 Å². The van der Waals surface area contributed by atoms with Gasteiger partial charge in [0.05, 0.1) is 75.3 Å². The minimum absolute atomic E-state index is 0.115. The Morgan fingerprint density at radius 1 is 0.536 bits per heavy atom. The molecule has 6 aromatic rings. The van der Waals surface area contributed by atoms with Crippen molar-refractivity contribution < 1.29 is 33.3 Å². The molecule has 17 nitrogen and oxygen atoms in total. The first-order chi connectivity index (χ1) is 33.6. The molecule has 0 fully saturated rings. The molecule has 2 atom stereocenters. The van der Waals surface area contributed by atoms with Crippen LogP contribution in [0.4, 0.5) is 0 Å². The predicted octanol–water partition coefficient (Wildman–Crippen LogP) is 7.12. The van der Waals surface area contributed by atoms with Crippen molar-refractivity contribution in [3.63, 3.8) is 0 Å². The highest BCUT2D eigenvalue weighted by molar-refractivity contribution is 6.31. The van der Waals surface area contributed by atoms with Gasteiger partial charge in [-0.3, -0.25) is 28.7 Å². The van der Waals surface area contributed by atoms with Crippen molar-refractivity contribution >= 4 is 46.4 Å². The fraction of sp³-hybridized carbons (Fsp3) is 0.360. The molecule has 2 amide bonds. The summed E-state index contributed by atoms with van der Waals surface area (Å²) >= 11 is 12.5. The van der Waals surface area contributed by atoms with Gasteiger partial charge in [-0.15, -0.1) is 20.4 Å². The molecule has 2 aliphatic rings. The van der Waals surface area contributed by atoms with Crippen LogP contribution in [0.2, 0.25) is 10.0 Å². The normalized spacial score (nSPS) is 14.8. The molecule has 4 aromatic carbocycles. The van der Waals surface area contributed by atoms with Gasteiger partial charge in [0.15, 0.2) is 11.6 Å². The maximum absolute atomic E-state index is 12.8. The molecule has 19 heteroatoms.